The van der Waals surface area contributed by atoms with Gasteiger partial charge in [0.15, 0.2) is 5.82 Å². The molecule has 1 unspecified atom stereocenters. The van der Waals surface area contributed by atoms with Crippen molar-refractivity contribution in [3.63, 3.8) is 0 Å². The second-order valence-electron chi connectivity index (χ2n) is 5.64. The molecule has 0 saturated carbocycles. The van der Waals surface area contributed by atoms with E-state index in [0.717, 1.165) is 23.9 Å². The maximum absolute atomic E-state index is 9.23. The summed E-state index contributed by atoms with van der Waals surface area (Å²) in [7, 11) is 3.95. The van der Waals surface area contributed by atoms with Crippen LogP contribution in [0.25, 0.3) is 0 Å². The van der Waals surface area contributed by atoms with E-state index >= 15 is 0 Å². The van der Waals surface area contributed by atoms with Crippen LogP contribution >= 0.6 is 11.5 Å². The number of anilines is 1. The van der Waals surface area contributed by atoms with E-state index in [1.54, 1.807) is 0 Å². The minimum Gasteiger partial charge on any atom is -0.396 e. The van der Waals surface area contributed by atoms with E-state index in [2.05, 4.69) is 45.4 Å². The standard InChI is InChI=1S/C16H24N4OS/c1-13(9-10-21)20(11-14-7-5-4-6-8-14)12-15-17-16(19(2)3)22-18-15/h4-8,13,21H,9-12H2,1-3H3. The number of aliphatic hydroxyl groups excluding tert-OH is 1. The molecule has 2 rings (SSSR count). The topological polar surface area (TPSA) is 52.5 Å². The Morgan fingerprint density at radius 3 is 2.50 bits per heavy atom. The SMILES string of the molecule is CC(CCO)N(Cc1ccccc1)Cc1nsc(N(C)C)n1. The molecule has 1 atom stereocenters. The number of aliphatic hydroxyl groups is 1. The van der Waals surface area contributed by atoms with E-state index in [0.29, 0.717) is 6.54 Å². The molecular weight excluding hydrogens is 296 g/mol. The highest BCUT2D eigenvalue weighted by Crippen LogP contribution is 2.18. The van der Waals surface area contributed by atoms with Crippen molar-refractivity contribution in [3.05, 3.63) is 41.7 Å². The highest BCUT2D eigenvalue weighted by atomic mass is 32.1. The lowest BCUT2D eigenvalue weighted by atomic mass is 10.1. The van der Waals surface area contributed by atoms with Gasteiger partial charge >= 0.3 is 0 Å². The summed E-state index contributed by atoms with van der Waals surface area (Å²) in [5, 5.41) is 10.2. The predicted octanol–water partition coefficient (Wildman–Crippen LogP) is 2.38. The van der Waals surface area contributed by atoms with Gasteiger partial charge in [-0.3, -0.25) is 4.90 Å². The average Bonchev–Trinajstić information content (AvgIpc) is 2.97. The van der Waals surface area contributed by atoms with Gasteiger partial charge in [-0.1, -0.05) is 30.3 Å². The average molecular weight is 320 g/mol. The van der Waals surface area contributed by atoms with Crippen LogP contribution in [0.15, 0.2) is 30.3 Å². The first-order valence-electron chi connectivity index (χ1n) is 7.49. The van der Waals surface area contributed by atoms with E-state index in [-0.39, 0.29) is 12.6 Å². The molecule has 2 aromatic rings. The number of nitrogens with zero attached hydrogens (tertiary/aromatic N) is 4. The number of hydrogen-bond acceptors (Lipinski definition) is 6. The van der Waals surface area contributed by atoms with Crippen LogP contribution in [0.2, 0.25) is 0 Å². The maximum atomic E-state index is 9.23. The van der Waals surface area contributed by atoms with E-state index in [4.69, 9.17) is 0 Å². The molecule has 120 valence electrons. The van der Waals surface area contributed by atoms with Gasteiger partial charge in [0.25, 0.3) is 0 Å². The molecule has 0 fully saturated rings. The third-order valence-electron chi connectivity index (χ3n) is 3.58. The lowest BCUT2D eigenvalue weighted by Crippen LogP contribution is -2.33. The smallest absolute Gasteiger partial charge is 0.204 e. The number of rotatable bonds is 8. The normalized spacial score (nSPS) is 12.6. The zero-order valence-corrected chi connectivity index (χ0v) is 14.3. The van der Waals surface area contributed by atoms with Gasteiger partial charge in [0.1, 0.15) is 0 Å². The van der Waals surface area contributed by atoms with Crippen molar-refractivity contribution in [1.82, 2.24) is 14.3 Å². The fourth-order valence-electron chi connectivity index (χ4n) is 2.23. The molecule has 0 aliphatic rings. The molecule has 1 aromatic carbocycles. The third-order valence-corrected chi connectivity index (χ3v) is 4.50. The Morgan fingerprint density at radius 1 is 1.18 bits per heavy atom. The quantitative estimate of drug-likeness (QED) is 0.809. The Hall–Kier alpha value is -1.50. The van der Waals surface area contributed by atoms with Crippen LogP contribution in [0.4, 0.5) is 5.13 Å². The summed E-state index contributed by atoms with van der Waals surface area (Å²) >= 11 is 1.42. The van der Waals surface area contributed by atoms with E-state index < -0.39 is 0 Å². The second-order valence-corrected chi connectivity index (χ2v) is 6.37. The van der Waals surface area contributed by atoms with Gasteiger partial charge in [0, 0.05) is 44.8 Å². The fraction of sp³-hybridized carbons (Fsp3) is 0.500. The largest absolute Gasteiger partial charge is 0.396 e. The van der Waals surface area contributed by atoms with Gasteiger partial charge in [-0.15, -0.1) is 0 Å². The molecule has 0 radical (unpaired) electrons. The molecule has 1 aromatic heterocycles. The molecular formula is C16H24N4OS. The minimum atomic E-state index is 0.194. The number of aromatic nitrogens is 2. The molecule has 0 bridgehead atoms. The molecule has 0 aliphatic heterocycles. The number of benzene rings is 1. The molecule has 0 saturated heterocycles. The highest BCUT2D eigenvalue weighted by molar-refractivity contribution is 7.09. The van der Waals surface area contributed by atoms with E-state index in [1.165, 1.54) is 17.1 Å². The van der Waals surface area contributed by atoms with Crippen molar-refractivity contribution in [3.8, 4) is 0 Å². The molecule has 22 heavy (non-hydrogen) atoms. The Balaban J connectivity index is 2.09. The summed E-state index contributed by atoms with van der Waals surface area (Å²) in [4.78, 5) is 8.85. The van der Waals surface area contributed by atoms with Crippen molar-refractivity contribution in [2.45, 2.75) is 32.5 Å². The second kappa shape index (κ2) is 8.22. The Bertz CT molecular complexity index is 558. The van der Waals surface area contributed by atoms with E-state index in [1.807, 2.05) is 25.1 Å². The van der Waals surface area contributed by atoms with Gasteiger partial charge < -0.3 is 10.0 Å². The van der Waals surface area contributed by atoms with Crippen LogP contribution in [-0.4, -0.2) is 46.1 Å². The van der Waals surface area contributed by atoms with Gasteiger partial charge in [-0.2, -0.15) is 4.37 Å². The van der Waals surface area contributed by atoms with E-state index in [9.17, 15) is 5.11 Å². The molecule has 1 heterocycles. The molecule has 6 heteroatoms. The monoisotopic (exact) mass is 320 g/mol. The first-order valence-corrected chi connectivity index (χ1v) is 8.26. The summed E-state index contributed by atoms with van der Waals surface area (Å²) in [5.74, 6) is 0.842. The molecule has 0 amide bonds. The summed E-state index contributed by atoms with van der Waals surface area (Å²) in [6, 6.07) is 10.6. The van der Waals surface area contributed by atoms with Gasteiger partial charge in [0.05, 0.1) is 6.54 Å². The van der Waals surface area contributed by atoms with Gasteiger partial charge in [-0.25, -0.2) is 4.98 Å². The highest BCUT2D eigenvalue weighted by Gasteiger charge is 2.17. The van der Waals surface area contributed by atoms with Gasteiger partial charge in [0.2, 0.25) is 5.13 Å². The van der Waals surface area contributed by atoms with Crippen molar-refractivity contribution in [2.24, 2.45) is 0 Å². The molecule has 5 nitrogen and oxygen atoms in total. The summed E-state index contributed by atoms with van der Waals surface area (Å²) < 4.78 is 4.45. The van der Waals surface area contributed by atoms with Crippen LogP contribution < -0.4 is 4.90 Å². The molecule has 1 N–H and O–H groups in total. The lowest BCUT2D eigenvalue weighted by molar-refractivity contribution is 0.150. The molecule has 0 aliphatic carbocycles. The maximum Gasteiger partial charge on any atom is 0.204 e. The Labute approximate surface area is 136 Å². The van der Waals surface area contributed by atoms with Crippen LogP contribution in [-0.2, 0) is 13.1 Å². The predicted molar refractivity (Wildman–Crippen MR) is 91.1 cm³/mol. The van der Waals surface area contributed by atoms with Crippen molar-refractivity contribution >= 4 is 16.7 Å². The summed E-state index contributed by atoms with van der Waals surface area (Å²) in [5.41, 5.74) is 1.26. The Morgan fingerprint density at radius 2 is 1.91 bits per heavy atom. The lowest BCUT2D eigenvalue weighted by Gasteiger charge is -2.27. The first kappa shape index (κ1) is 16.9. The zero-order chi connectivity index (χ0) is 15.9. The van der Waals surface area contributed by atoms with Crippen LogP contribution in [0.1, 0.15) is 24.7 Å². The zero-order valence-electron chi connectivity index (χ0n) is 13.4. The molecule has 0 spiro atoms. The van der Waals surface area contributed by atoms with Crippen molar-refractivity contribution in [2.75, 3.05) is 25.6 Å². The summed E-state index contributed by atoms with van der Waals surface area (Å²) in [6.45, 7) is 3.86. The van der Waals surface area contributed by atoms with Gasteiger partial charge in [-0.05, 0) is 18.9 Å². The Kier molecular flexibility index (Phi) is 6.30. The van der Waals surface area contributed by atoms with Crippen molar-refractivity contribution in [1.29, 1.82) is 0 Å². The van der Waals surface area contributed by atoms with Crippen LogP contribution in [0.3, 0.4) is 0 Å². The minimum absolute atomic E-state index is 0.194. The fourth-order valence-corrected chi connectivity index (χ4v) is 2.82. The van der Waals surface area contributed by atoms with Crippen LogP contribution in [0, 0.1) is 0 Å². The van der Waals surface area contributed by atoms with Crippen LogP contribution in [0.5, 0.6) is 0 Å². The van der Waals surface area contributed by atoms with Crippen molar-refractivity contribution < 1.29 is 5.11 Å². The third kappa shape index (κ3) is 4.76. The number of hydrogen-bond donors (Lipinski definition) is 1. The summed E-state index contributed by atoms with van der Waals surface area (Å²) in [6.07, 6.45) is 0.748. The first-order chi connectivity index (χ1) is 10.6.